The topological polar surface area (TPSA) is 46.5 Å². The number of rotatable bonds is 3. The summed E-state index contributed by atoms with van der Waals surface area (Å²) in [5.74, 6) is -0.490. The van der Waals surface area contributed by atoms with E-state index >= 15 is 0 Å². The van der Waals surface area contributed by atoms with E-state index in [1.807, 2.05) is 50.2 Å². The van der Waals surface area contributed by atoms with Crippen LogP contribution in [0.1, 0.15) is 32.3 Å². The van der Waals surface area contributed by atoms with Crippen molar-refractivity contribution >= 4 is 16.7 Å². The number of ether oxygens (including phenoxy) is 1. The Balaban J connectivity index is 0.000000861. The van der Waals surface area contributed by atoms with Crippen LogP contribution in [0.5, 0.6) is 5.75 Å². The van der Waals surface area contributed by atoms with Crippen molar-refractivity contribution in [2.24, 2.45) is 0 Å². The van der Waals surface area contributed by atoms with Crippen molar-refractivity contribution in [3.8, 4) is 5.75 Å². The normalized spacial score (nSPS) is 11.4. The Kier molecular flexibility index (Phi) is 5.37. The molecule has 1 N–H and O–H groups in total. The van der Waals surface area contributed by atoms with Gasteiger partial charge < -0.3 is 9.84 Å². The molecule has 0 aliphatic carbocycles. The van der Waals surface area contributed by atoms with E-state index in [-0.39, 0.29) is 0 Å². The summed E-state index contributed by atoms with van der Waals surface area (Å²) in [7, 11) is 1.63. The molecule has 1 unspecified atom stereocenters. The third kappa shape index (κ3) is 3.47. The van der Waals surface area contributed by atoms with Gasteiger partial charge in [-0.15, -0.1) is 0 Å². The Labute approximate surface area is 113 Å². The van der Waals surface area contributed by atoms with Gasteiger partial charge in [0.25, 0.3) is 0 Å². The highest BCUT2D eigenvalue weighted by molar-refractivity contribution is 5.86. The fraction of sp³-hybridized carbons (Fsp3) is 0.312. The molecule has 0 aromatic heterocycles. The zero-order valence-corrected chi connectivity index (χ0v) is 11.8. The molecule has 0 aliphatic rings. The minimum Gasteiger partial charge on any atom is -0.497 e. The quantitative estimate of drug-likeness (QED) is 0.905. The molecule has 19 heavy (non-hydrogen) atoms. The van der Waals surface area contributed by atoms with E-state index in [1.165, 1.54) is 0 Å². The van der Waals surface area contributed by atoms with Crippen LogP contribution >= 0.6 is 0 Å². The monoisotopic (exact) mass is 260 g/mol. The molecular formula is C16H20O3. The summed E-state index contributed by atoms with van der Waals surface area (Å²) in [5.41, 5.74) is 0.815. The molecule has 0 aliphatic heterocycles. The average molecular weight is 260 g/mol. The van der Waals surface area contributed by atoms with Crippen molar-refractivity contribution in [1.29, 1.82) is 0 Å². The van der Waals surface area contributed by atoms with Crippen LogP contribution in [-0.2, 0) is 4.79 Å². The number of carboxylic acids is 1. The molecule has 0 radical (unpaired) electrons. The van der Waals surface area contributed by atoms with E-state index in [9.17, 15) is 4.79 Å². The number of hydrogen-bond donors (Lipinski definition) is 1. The number of carboxylic acid groups (broad SMARTS) is 1. The first-order valence-electron chi connectivity index (χ1n) is 6.42. The first-order chi connectivity index (χ1) is 9.11. The second-order valence-electron chi connectivity index (χ2n) is 4.03. The standard InChI is InChI=1S/C14H14O3.C2H6/c1-9(14(15)16)10-3-4-12-8-13(17-2)6-5-11(12)7-10;1-2/h3-9H,1-2H3,(H,15,16);1-2H3. The van der Waals surface area contributed by atoms with Crippen LogP contribution in [0.4, 0.5) is 0 Å². The lowest BCUT2D eigenvalue weighted by Crippen LogP contribution is -2.06. The third-order valence-corrected chi connectivity index (χ3v) is 2.94. The van der Waals surface area contributed by atoms with Gasteiger partial charge in [-0.2, -0.15) is 0 Å². The van der Waals surface area contributed by atoms with Gasteiger partial charge in [0, 0.05) is 0 Å². The van der Waals surface area contributed by atoms with Crippen molar-refractivity contribution < 1.29 is 14.6 Å². The van der Waals surface area contributed by atoms with Gasteiger partial charge in [-0.3, -0.25) is 4.79 Å². The largest absolute Gasteiger partial charge is 0.497 e. The van der Waals surface area contributed by atoms with Gasteiger partial charge >= 0.3 is 5.97 Å². The fourth-order valence-electron chi connectivity index (χ4n) is 1.78. The van der Waals surface area contributed by atoms with Gasteiger partial charge in [-0.1, -0.05) is 38.1 Å². The zero-order valence-electron chi connectivity index (χ0n) is 11.8. The maximum Gasteiger partial charge on any atom is 0.310 e. The molecule has 0 bridgehead atoms. The van der Waals surface area contributed by atoms with Gasteiger partial charge in [0.15, 0.2) is 0 Å². The van der Waals surface area contributed by atoms with E-state index in [0.29, 0.717) is 0 Å². The predicted octanol–water partition coefficient (Wildman–Crippen LogP) is 4.06. The number of methoxy groups -OCH3 is 1. The highest BCUT2D eigenvalue weighted by Crippen LogP contribution is 2.25. The SMILES string of the molecule is CC.COc1ccc2cc(C(C)C(=O)O)ccc2c1. The van der Waals surface area contributed by atoms with Gasteiger partial charge in [0.05, 0.1) is 13.0 Å². The highest BCUT2D eigenvalue weighted by atomic mass is 16.5. The van der Waals surface area contributed by atoms with Crippen LogP contribution in [0.25, 0.3) is 10.8 Å². The van der Waals surface area contributed by atoms with Crippen LogP contribution in [0.3, 0.4) is 0 Å². The van der Waals surface area contributed by atoms with Crippen molar-refractivity contribution in [2.45, 2.75) is 26.7 Å². The minimum absolute atomic E-state index is 0.485. The minimum atomic E-state index is -0.808. The zero-order chi connectivity index (χ0) is 14.4. The molecule has 0 spiro atoms. The van der Waals surface area contributed by atoms with Gasteiger partial charge in [-0.25, -0.2) is 0 Å². The maximum absolute atomic E-state index is 10.9. The fourth-order valence-corrected chi connectivity index (χ4v) is 1.78. The number of fused-ring (bicyclic) bond motifs is 1. The van der Waals surface area contributed by atoms with E-state index < -0.39 is 11.9 Å². The van der Waals surface area contributed by atoms with Gasteiger partial charge in [0.2, 0.25) is 0 Å². The van der Waals surface area contributed by atoms with Crippen LogP contribution < -0.4 is 4.74 Å². The second-order valence-corrected chi connectivity index (χ2v) is 4.03. The first kappa shape index (κ1) is 15.0. The summed E-state index contributed by atoms with van der Waals surface area (Å²) in [6.07, 6.45) is 0. The van der Waals surface area contributed by atoms with E-state index in [1.54, 1.807) is 14.0 Å². The number of benzene rings is 2. The lowest BCUT2D eigenvalue weighted by Gasteiger charge is -2.08. The van der Waals surface area contributed by atoms with E-state index in [4.69, 9.17) is 9.84 Å². The van der Waals surface area contributed by atoms with Crippen molar-refractivity contribution in [2.75, 3.05) is 7.11 Å². The predicted molar refractivity (Wildman–Crippen MR) is 77.9 cm³/mol. The smallest absolute Gasteiger partial charge is 0.310 e. The van der Waals surface area contributed by atoms with Gasteiger partial charge in [-0.05, 0) is 35.4 Å². The summed E-state index contributed by atoms with van der Waals surface area (Å²) in [4.78, 5) is 10.9. The lowest BCUT2D eigenvalue weighted by atomic mass is 9.98. The molecule has 1 atom stereocenters. The lowest BCUT2D eigenvalue weighted by molar-refractivity contribution is -0.138. The molecule has 0 heterocycles. The summed E-state index contributed by atoms with van der Waals surface area (Å²) in [6.45, 7) is 5.69. The van der Waals surface area contributed by atoms with E-state index in [2.05, 4.69) is 0 Å². The molecule has 2 rings (SSSR count). The summed E-state index contributed by atoms with van der Waals surface area (Å²) in [6, 6.07) is 11.4. The van der Waals surface area contributed by atoms with Crippen LogP contribution in [-0.4, -0.2) is 18.2 Å². The Morgan fingerprint density at radius 2 is 1.68 bits per heavy atom. The van der Waals surface area contributed by atoms with Crippen molar-refractivity contribution in [3.05, 3.63) is 42.0 Å². The van der Waals surface area contributed by atoms with Crippen molar-refractivity contribution in [3.63, 3.8) is 0 Å². The molecule has 0 saturated carbocycles. The second kappa shape index (κ2) is 6.78. The average Bonchev–Trinajstić information content (AvgIpc) is 2.47. The Hall–Kier alpha value is -2.03. The Morgan fingerprint density at radius 3 is 2.26 bits per heavy atom. The number of carbonyl (C=O) groups is 1. The van der Waals surface area contributed by atoms with E-state index in [0.717, 1.165) is 22.1 Å². The van der Waals surface area contributed by atoms with Crippen LogP contribution in [0.2, 0.25) is 0 Å². The molecule has 2 aromatic carbocycles. The summed E-state index contributed by atoms with van der Waals surface area (Å²) < 4.78 is 5.14. The van der Waals surface area contributed by atoms with Crippen LogP contribution in [0.15, 0.2) is 36.4 Å². The van der Waals surface area contributed by atoms with Crippen LogP contribution in [0, 0.1) is 0 Å². The molecular weight excluding hydrogens is 240 g/mol. The molecule has 102 valence electrons. The first-order valence-corrected chi connectivity index (χ1v) is 6.42. The highest BCUT2D eigenvalue weighted by Gasteiger charge is 2.13. The molecule has 0 saturated heterocycles. The molecule has 3 heteroatoms. The summed E-state index contributed by atoms with van der Waals surface area (Å²) in [5, 5.41) is 11.0. The third-order valence-electron chi connectivity index (χ3n) is 2.94. The molecule has 2 aromatic rings. The maximum atomic E-state index is 10.9. The number of aliphatic carboxylic acids is 1. The molecule has 0 amide bonds. The summed E-state index contributed by atoms with van der Waals surface area (Å²) >= 11 is 0. The Bertz CT molecular complexity index is 561. The molecule has 3 nitrogen and oxygen atoms in total. The van der Waals surface area contributed by atoms with Gasteiger partial charge in [0.1, 0.15) is 5.75 Å². The molecule has 0 fully saturated rings. The number of hydrogen-bond acceptors (Lipinski definition) is 2. The Morgan fingerprint density at radius 1 is 1.11 bits per heavy atom. The van der Waals surface area contributed by atoms with Crippen molar-refractivity contribution in [1.82, 2.24) is 0 Å².